The highest BCUT2D eigenvalue weighted by Gasteiger charge is 2.46. The second-order valence-electron chi connectivity index (χ2n) is 6.21. The number of rotatable bonds is 2. The Hall–Kier alpha value is -1.52. The number of ether oxygens (including phenoxy) is 1. The topological polar surface area (TPSA) is 58.6 Å². The molecule has 1 spiro atoms. The molecule has 1 aromatic carbocycles. The maximum atomic E-state index is 12.3. The number of aryl methyl sites for hydroxylation is 2. The van der Waals surface area contributed by atoms with Crippen LogP contribution in [0, 0.1) is 13.8 Å². The van der Waals surface area contributed by atoms with Gasteiger partial charge >= 0.3 is 0 Å². The molecule has 2 N–H and O–H groups in total. The van der Waals surface area contributed by atoms with Crippen LogP contribution in [0.15, 0.2) is 23.5 Å². The van der Waals surface area contributed by atoms with Gasteiger partial charge in [-0.2, -0.15) is 0 Å². The molecule has 22 heavy (non-hydrogen) atoms. The Morgan fingerprint density at radius 1 is 1.36 bits per heavy atom. The molecule has 2 heterocycles. The van der Waals surface area contributed by atoms with E-state index in [1.807, 2.05) is 26.0 Å². The van der Waals surface area contributed by atoms with E-state index in [2.05, 4.69) is 5.32 Å². The van der Waals surface area contributed by atoms with Gasteiger partial charge in [-0.25, -0.2) is 0 Å². The lowest BCUT2D eigenvalue weighted by Crippen LogP contribution is -2.50. The second kappa shape index (κ2) is 5.60. The van der Waals surface area contributed by atoms with Gasteiger partial charge in [0.2, 0.25) is 0 Å². The van der Waals surface area contributed by atoms with Crippen molar-refractivity contribution in [2.75, 3.05) is 13.2 Å². The third-order valence-electron chi connectivity index (χ3n) is 4.62. The molecule has 0 aliphatic carbocycles. The molecule has 118 valence electrons. The minimum atomic E-state index is -0.723. The van der Waals surface area contributed by atoms with Crippen molar-refractivity contribution < 1.29 is 14.6 Å². The van der Waals surface area contributed by atoms with Crippen LogP contribution >= 0.6 is 11.6 Å². The quantitative estimate of drug-likeness (QED) is 0.880. The largest absolute Gasteiger partial charge is 0.509 e. The van der Waals surface area contributed by atoms with Crippen LogP contribution < -0.4 is 5.32 Å². The smallest absolute Gasteiger partial charge is 0.251 e. The maximum Gasteiger partial charge on any atom is 0.251 e. The lowest BCUT2D eigenvalue weighted by Gasteiger charge is -2.33. The Kier molecular flexibility index (Phi) is 3.91. The van der Waals surface area contributed by atoms with Gasteiger partial charge in [0.15, 0.2) is 0 Å². The van der Waals surface area contributed by atoms with E-state index in [4.69, 9.17) is 16.3 Å². The van der Waals surface area contributed by atoms with Crippen molar-refractivity contribution >= 4 is 17.5 Å². The highest BCUT2D eigenvalue weighted by atomic mass is 35.5. The molecule has 0 radical (unpaired) electrons. The first-order valence-corrected chi connectivity index (χ1v) is 7.89. The van der Waals surface area contributed by atoms with Gasteiger partial charge in [-0.3, -0.25) is 4.79 Å². The van der Waals surface area contributed by atoms with Crippen LogP contribution in [0.1, 0.15) is 29.5 Å². The lowest BCUT2D eigenvalue weighted by atomic mass is 9.89. The number of benzene rings is 1. The van der Waals surface area contributed by atoms with E-state index in [9.17, 15) is 9.90 Å². The van der Waals surface area contributed by atoms with Crippen molar-refractivity contribution in [1.82, 2.24) is 5.32 Å². The zero-order valence-corrected chi connectivity index (χ0v) is 13.6. The molecule has 5 heteroatoms. The number of hydrogen-bond donors (Lipinski definition) is 2. The summed E-state index contributed by atoms with van der Waals surface area (Å²) < 4.78 is 5.46. The summed E-state index contributed by atoms with van der Waals surface area (Å²) in [6.45, 7) is 4.96. The summed E-state index contributed by atoms with van der Waals surface area (Å²) in [5, 5.41) is 14.2. The Labute approximate surface area is 135 Å². The molecule has 3 rings (SSSR count). The Morgan fingerprint density at radius 2 is 2.05 bits per heavy atom. The molecule has 0 aromatic heterocycles. The number of amides is 1. The predicted octanol–water partition coefficient (Wildman–Crippen LogP) is 2.99. The van der Waals surface area contributed by atoms with Crippen LogP contribution in [0.25, 0.3) is 0 Å². The SMILES string of the molecule is Cc1cc(Cl)cc(C)c1CC1=C(O)C2(CCCOC2)NC1=O. The second-order valence-corrected chi connectivity index (χ2v) is 6.65. The van der Waals surface area contributed by atoms with Crippen molar-refractivity contribution in [1.29, 1.82) is 0 Å². The van der Waals surface area contributed by atoms with Gasteiger partial charge in [0, 0.05) is 18.1 Å². The third kappa shape index (κ3) is 2.50. The average molecular weight is 322 g/mol. The minimum Gasteiger partial charge on any atom is -0.509 e. The van der Waals surface area contributed by atoms with Crippen LogP contribution in [0.5, 0.6) is 0 Å². The van der Waals surface area contributed by atoms with E-state index in [-0.39, 0.29) is 11.7 Å². The molecule has 2 aliphatic heterocycles. The highest BCUT2D eigenvalue weighted by Crippen LogP contribution is 2.35. The van der Waals surface area contributed by atoms with Crippen LogP contribution in [0.4, 0.5) is 0 Å². The lowest BCUT2D eigenvalue weighted by molar-refractivity contribution is -0.119. The molecule has 0 bridgehead atoms. The van der Waals surface area contributed by atoms with Gasteiger partial charge in [0.1, 0.15) is 11.3 Å². The first-order chi connectivity index (χ1) is 10.4. The Balaban J connectivity index is 1.96. The maximum absolute atomic E-state index is 12.3. The van der Waals surface area contributed by atoms with E-state index in [0.29, 0.717) is 36.7 Å². The molecule has 1 fully saturated rings. The molecule has 1 amide bonds. The van der Waals surface area contributed by atoms with E-state index in [1.54, 1.807) is 0 Å². The molecule has 2 aliphatic rings. The van der Waals surface area contributed by atoms with Gasteiger partial charge < -0.3 is 15.2 Å². The summed E-state index contributed by atoms with van der Waals surface area (Å²) in [7, 11) is 0. The predicted molar refractivity (Wildman–Crippen MR) is 85.2 cm³/mol. The fourth-order valence-electron chi connectivity index (χ4n) is 3.39. The zero-order chi connectivity index (χ0) is 15.9. The first kappa shape index (κ1) is 15.4. The fraction of sp³-hybridized carbons (Fsp3) is 0.471. The number of carbonyl (C=O) groups is 1. The molecule has 1 atom stereocenters. The normalized spacial score (nSPS) is 25.0. The van der Waals surface area contributed by atoms with Crippen molar-refractivity contribution in [2.45, 2.75) is 38.6 Å². The summed E-state index contributed by atoms with van der Waals surface area (Å²) in [6.07, 6.45) is 1.96. The van der Waals surface area contributed by atoms with Crippen molar-refractivity contribution in [2.24, 2.45) is 0 Å². The number of hydrogen-bond acceptors (Lipinski definition) is 3. The minimum absolute atomic E-state index is 0.144. The van der Waals surface area contributed by atoms with E-state index in [0.717, 1.165) is 23.1 Å². The molecule has 1 unspecified atom stereocenters. The number of carbonyl (C=O) groups excluding carboxylic acids is 1. The highest BCUT2D eigenvalue weighted by molar-refractivity contribution is 6.30. The van der Waals surface area contributed by atoms with Crippen LogP contribution in [0.3, 0.4) is 0 Å². The molecular formula is C17H20ClNO3. The van der Waals surface area contributed by atoms with Gasteiger partial charge in [0.25, 0.3) is 5.91 Å². The number of aliphatic hydroxyl groups is 1. The summed E-state index contributed by atoms with van der Waals surface area (Å²) in [4.78, 5) is 12.3. The fourth-order valence-corrected chi connectivity index (χ4v) is 3.72. The molecule has 1 aromatic rings. The van der Waals surface area contributed by atoms with Crippen molar-refractivity contribution in [3.63, 3.8) is 0 Å². The van der Waals surface area contributed by atoms with Gasteiger partial charge in [-0.05, 0) is 55.5 Å². The van der Waals surface area contributed by atoms with E-state index < -0.39 is 5.54 Å². The van der Waals surface area contributed by atoms with E-state index >= 15 is 0 Å². The summed E-state index contributed by atoms with van der Waals surface area (Å²) in [5.41, 5.74) is 2.81. The molecule has 1 saturated heterocycles. The van der Waals surface area contributed by atoms with Crippen molar-refractivity contribution in [3.05, 3.63) is 45.2 Å². The number of nitrogens with one attached hydrogen (secondary N) is 1. The number of aliphatic hydroxyl groups excluding tert-OH is 1. The summed E-state index contributed by atoms with van der Waals surface area (Å²) >= 11 is 6.06. The van der Waals surface area contributed by atoms with Crippen LogP contribution in [-0.4, -0.2) is 29.8 Å². The first-order valence-electron chi connectivity index (χ1n) is 7.51. The van der Waals surface area contributed by atoms with Gasteiger partial charge in [-0.15, -0.1) is 0 Å². The Morgan fingerprint density at radius 3 is 2.64 bits per heavy atom. The van der Waals surface area contributed by atoms with E-state index in [1.165, 1.54) is 0 Å². The standard InChI is InChI=1S/C17H20ClNO3/c1-10-6-12(18)7-11(2)13(10)8-14-15(20)17(19-16(14)21)4-3-5-22-9-17/h6-7,20H,3-5,8-9H2,1-2H3,(H,19,21). The summed E-state index contributed by atoms with van der Waals surface area (Å²) in [6, 6.07) is 3.77. The van der Waals surface area contributed by atoms with Gasteiger partial charge in [-0.1, -0.05) is 11.6 Å². The molecule has 0 saturated carbocycles. The van der Waals surface area contributed by atoms with Crippen LogP contribution in [-0.2, 0) is 16.0 Å². The molecule has 4 nitrogen and oxygen atoms in total. The summed E-state index contributed by atoms with van der Waals surface area (Å²) in [5.74, 6) is -0.0531. The van der Waals surface area contributed by atoms with Crippen LogP contribution in [0.2, 0.25) is 5.02 Å². The monoisotopic (exact) mass is 321 g/mol. The van der Waals surface area contributed by atoms with Gasteiger partial charge in [0.05, 0.1) is 12.2 Å². The van der Waals surface area contributed by atoms with Crippen molar-refractivity contribution in [3.8, 4) is 0 Å². The number of halogens is 1. The third-order valence-corrected chi connectivity index (χ3v) is 4.84. The molecular weight excluding hydrogens is 302 g/mol. The average Bonchev–Trinajstić information content (AvgIpc) is 2.67. The Bertz CT molecular complexity index is 637. The zero-order valence-electron chi connectivity index (χ0n) is 12.8.